The molecular formula is C34H60N7O6P. The lowest BCUT2D eigenvalue weighted by molar-refractivity contribution is -0.157. The Labute approximate surface area is 287 Å². The normalized spacial score (nSPS) is 18.8. The van der Waals surface area contributed by atoms with Crippen LogP contribution in [0.4, 0.5) is 17.3 Å². The summed E-state index contributed by atoms with van der Waals surface area (Å²) in [5.41, 5.74) is 3.57. The number of carbonyl (C=O) groups excluding carboxylic acids is 2. The van der Waals surface area contributed by atoms with E-state index in [1.807, 2.05) is 20.8 Å². The number of aromatic nitrogens is 2. The third kappa shape index (κ3) is 11.2. The highest BCUT2D eigenvalue weighted by molar-refractivity contribution is 7.59. The summed E-state index contributed by atoms with van der Waals surface area (Å²) in [5, 5.41) is 6.07. The maximum absolute atomic E-state index is 14.8. The van der Waals surface area contributed by atoms with Gasteiger partial charge in [0.1, 0.15) is 41.6 Å². The number of likely N-dealkylation sites (N-methyl/N-ethyl adjacent to an activating group) is 1. The van der Waals surface area contributed by atoms with Crippen LogP contribution in [-0.2, 0) is 28.4 Å². The van der Waals surface area contributed by atoms with Gasteiger partial charge in [0.05, 0.1) is 6.10 Å². The van der Waals surface area contributed by atoms with Gasteiger partial charge in [-0.05, 0) is 92.7 Å². The minimum atomic E-state index is -3.83. The highest BCUT2D eigenvalue weighted by Gasteiger charge is 2.44. The molecule has 1 aromatic heterocycles. The number of nitrogen functional groups attached to an aromatic ring is 1. The van der Waals surface area contributed by atoms with Gasteiger partial charge in [-0.2, -0.15) is 0 Å². The zero-order chi connectivity index (χ0) is 35.7. The minimum Gasteiger partial charge on any atom is -0.461 e. The number of aliphatic imine (C=N–C) groups is 1. The molecule has 2 aliphatic rings. The van der Waals surface area contributed by atoms with Crippen molar-refractivity contribution in [1.82, 2.24) is 20.1 Å². The molecule has 2 fully saturated rings. The molecule has 14 heteroatoms. The number of nitrogens with zero attached hydrogens (tertiary/aromatic N) is 4. The highest BCUT2D eigenvalue weighted by Crippen LogP contribution is 2.43. The van der Waals surface area contributed by atoms with Gasteiger partial charge in [0.15, 0.2) is 11.6 Å². The van der Waals surface area contributed by atoms with E-state index in [1.54, 1.807) is 39.6 Å². The Balaban J connectivity index is 1.76. The number of hydrogen-bond donors (Lipinski definition) is 3. The van der Waals surface area contributed by atoms with Crippen molar-refractivity contribution < 1.29 is 28.4 Å². The second-order valence-corrected chi connectivity index (χ2v) is 17.0. The summed E-state index contributed by atoms with van der Waals surface area (Å²) < 4.78 is 32.8. The Morgan fingerprint density at radius 2 is 1.40 bits per heavy atom. The molecule has 0 unspecified atom stereocenters. The molecule has 0 spiro atoms. The highest BCUT2D eigenvalue weighted by atomic mass is 31.2. The zero-order valence-electron chi connectivity index (χ0n) is 30.4. The van der Waals surface area contributed by atoms with Crippen molar-refractivity contribution in [2.75, 3.05) is 30.6 Å². The first kappa shape index (κ1) is 39.8. The van der Waals surface area contributed by atoms with E-state index in [-0.39, 0.29) is 24.4 Å². The summed E-state index contributed by atoms with van der Waals surface area (Å²) in [4.78, 5) is 41.1. The van der Waals surface area contributed by atoms with Crippen LogP contribution in [0.25, 0.3) is 0 Å². The maximum atomic E-state index is 14.8. The second-order valence-electron chi connectivity index (χ2n) is 14.8. The summed E-state index contributed by atoms with van der Waals surface area (Å²) in [6.07, 6.45) is 11.0. The molecule has 48 heavy (non-hydrogen) atoms. The summed E-state index contributed by atoms with van der Waals surface area (Å²) in [6.45, 7) is 16.1. The monoisotopic (exact) mass is 693 g/mol. The molecule has 272 valence electrons. The molecule has 0 bridgehead atoms. The van der Waals surface area contributed by atoms with Gasteiger partial charge in [-0.25, -0.2) is 20.1 Å². The van der Waals surface area contributed by atoms with Gasteiger partial charge < -0.3 is 24.8 Å². The first-order valence-electron chi connectivity index (χ1n) is 17.5. The van der Waals surface area contributed by atoms with Crippen molar-refractivity contribution in [3.05, 3.63) is 6.33 Å². The van der Waals surface area contributed by atoms with Gasteiger partial charge in [-0.1, -0.05) is 38.5 Å². The number of nitrogens with two attached hydrogens (primary N) is 1. The Morgan fingerprint density at radius 3 is 1.83 bits per heavy atom. The summed E-state index contributed by atoms with van der Waals surface area (Å²) in [7, 11) is -2.03. The van der Waals surface area contributed by atoms with E-state index in [0.29, 0.717) is 29.9 Å². The minimum absolute atomic E-state index is 0.201. The Hall–Kier alpha value is -2.60. The van der Waals surface area contributed by atoms with Crippen LogP contribution >= 0.6 is 7.44 Å². The van der Waals surface area contributed by atoms with E-state index in [9.17, 15) is 14.2 Å². The maximum Gasteiger partial charge on any atom is 0.326 e. The van der Waals surface area contributed by atoms with E-state index in [2.05, 4.69) is 31.9 Å². The van der Waals surface area contributed by atoms with E-state index in [0.717, 1.165) is 51.4 Å². The summed E-state index contributed by atoms with van der Waals surface area (Å²) in [6, 6.07) is 0. The van der Waals surface area contributed by atoms with Crippen LogP contribution in [0.3, 0.4) is 0 Å². The van der Waals surface area contributed by atoms with Crippen LogP contribution in [0.15, 0.2) is 11.3 Å². The SMILES string of the molecule is C=Nc1c(N)ncnc1N(C)C[C@@H](C)OCP(=O)(NC(C)(C)C(=O)O[C@@H](C)C1CCCCC1)NC(C)(C)C(=O)O[C@@H](C)C1CCCCC1. The smallest absolute Gasteiger partial charge is 0.326 e. The molecule has 2 saturated carbocycles. The van der Waals surface area contributed by atoms with E-state index >= 15 is 0 Å². The van der Waals surface area contributed by atoms with Crippen molar-refractivity contribution in [2.24, 2.45) is 16.8 Å². The number of hydrogen-bond acceptors (Lipinski definition) is 11. The van der Waals surface area contributed by atoms with Gasteiger partial charge >= 0.3 is 11.9 Å². The largest absolute Gasteiger partial charge is 0.461 e. The van der Waals surface area contributed by atoms with Crippen molar-refractivity contribution in [3.63, 3.8) is 0 Å². The van der Waals surface area contributed by atoms with Crippen LogP contribution in [-0.4, -0.2) is 78.0 Å². The number of carbonyl (C=O) groups is 2. The van der Waals surface area contributed by atoms with Gasteiger partial charge in [-0.3, -0.25) is 19.1 Å². The standard InChI is InChI=1S/C34H60N7O6P/c1-23(20-41(9)30-28(36-8)29(35)37-21-38-30)45-22-48(44,39-33(4,5)31(42)46-24(2)26-16-12-10-13-17-26)40-34(6,7)32(43)47-25(3)27-18-14-11-15-19-27/h21,23-27H,8,10-20,22H2,1-7,9H3,(H2,35,37,38)(H2,39,40,44)/t23-,24+,25+/m1/s1. The molecule has 0 saturated heterocycles. The lowest BCUT2D eigenvalue weighted by atomic mass is 9.86. The third-order valence-electron chi connectivity index (χ3n) is 9.58. The molecule has 13 nitrogen and oxygen atoms in total. The molecule has 1 heterocycles. The predicted molar refractivity (Wildman–Crippen MR) is 191 cm³/mol. The molecule has 0 aliphatic heterocycles. The lowest BCUT2D eigenvalue weighted by Gasteiger charge is -2.37. The molecule has 3 rings (SSSR count). The van der Waals surface area contributed by atoms with Gasteiger partial charge in [0.25, 0.3) is 0 Å². The first-order valence-corrected chi connectivity index (χ1v) is 19.4. The molecule has 1 aromatic rings. The Kier molecular flexibility index (Phi) is 14.4. The van der Waals surface area contributed by atoms with Crippen molar-refractivity contribution in [3.8, 4) is 0 Å². The van der Waals surface area contributed by atoms with E-state index in [1.165, 1.54) is 19.2 Å². The van der Waals surface area contributed by atoms with Crippen LogP contribution in [0.5, 0.6) is 0 Å². The number of rotatable bonds is 17. The van der Waals surface area contributed by atoms with E-state index in [4.69, 9.17) is 19.9 Å². The predicted octanol–water partition coefficient (Wildman–Crippen LogP) is 6.14. The Bertz CT molecular complexity index is 1230. The molecular weight excluding hydrogens is 633 g/mol. The van der Waals surface area contributed by atoms with Crippen LogP contribution in [0, 0.1) is 11.8 Å². The van der Waals surface area contributed by atoms with Crippen LogP contribution < -0.4 is 20.8 Å². The van der Waals surface area contributed by atoms with E-state index < -0.39 is 36.6 Å². The van der Waals surface area contributed by atoms with Crippen LogP contribution in [0.2, 0.25) is 0 Å². The van der Waals surface area contributed by atoms with Crippen molar-refractivity contribution in [2.45, 2.75) is 142 Å². The first-order chi connectivity index (χ1) is 22.5. The molecule has 0 radical (unpaired) electrons. The topological polar surface area (TPSA) is 170 Å². The molecule has 0 aromatic carbocycles. The van der Waals surface area contributed by atoms with Gasteiger partial charge in [0, 0.05) is 13.6 Å². The fourth-order valence-corrected chi connectivity index (χ4v) is 9.33. The van der Waals surface area contributed by atoms with Crippen LogP contribution in [0.1, 0.15) is 113 Å². The Morgan fingerprint density at radius 1 is 0.938 bits per heavy atom. The number of nitrogens with one attached hydrogen (secondary N) is 2. The second kappa shape index (κ2) is 17.4. The van der Waals surface area contributed by atoms with Gasteiger partial charge in [-0.15, -0.1) is 0 Å². The zero-order valence-corrected chi connectivity index (χ0v) is 31.3. The fraction of sp³-hybridized carbons (Fsp3) is 0.794. The average Bonchev–Trinajstić information content (AvgIpc) is 3.03. The fourth-order valence-electron chi connectivity index (χ4n) is 6.69. The quantitative estimate of drug-likeness (QED) is 0.0969. The summed E-state index contributed by atoms with van der Waals surface area (Å²) >= 11 is 0. The number of esters is 2. The molecule has 2 aliphatic carbocycles. The molecule has 4 N–H and O–H groups in total. The lowest BCUT2D eigenvalue weighted by Crippen LogP contribution is -2.55. The average molecular weight is 694 g/mol. The third-order valence-corrected chi connectivity index (χ3v) is 11.9. The van der Waals surface area contributed by atoms with Crippen molar-refractivity contribution >= 4 is 43.4 Å². The molecule has 0 amide bonds. The number of ether oxygens (including phenoxy) is 3. The number of anilines is 2. The van der Waals surface area contributed by atoms with Gasteiger partial charge in [0.2, 0.25) is 7.44 Å². The molecule has 3 atom stereocenters. The summed E-state index contributed by atoms with van der Waals surface area (Å²) in [5.74, 6) is 0.226. The van der Waals surface area contributed by atoms with Crippen molar-refractivity contribution in [1.29, 1.82) is 0 Å².